The maximum absolute atomic E-state index is 13.1. The summed E-state index contributed by atoms with van der Waals surface area (Å²) >= 11 is 6.64. The van der Waals surface area contributed by atoms with E-state index in [-0.39, 0.29) is 17.5 Å². The first-order chi connectivity index (χ1) is 12.2. The lowest BCUT2D eigenvalue weighted by molar-refractivity contribution is -0.137. The molecule has 2 aromatic rings. The number of aliphatic carboxylic acids is 1. The van der Waals surface area contributed by atoms with E-state index < -0.39 is 16.0 Å². The smallest absolute Gasteiger partial charge is 0.325 e. The highest BCUT2D eigenvalue weighted by Gasteiger charge is 2.34. The van der Waals surface area contributed by atoms with Crippen molar-refractivity contribution < 1.29 is 18.3 Å². The summed E-state index contributed by atoms with van der Waals surface area (Å²) in [6.07, 6.45) is 3.71. The Kier molecular flexibility index (Phi) is 5.57. The predicted octanol–water partition coefficient (Wildman–Crippen LogP) is 3.19. The number of halogens is 2. The fourth-order valence-corrected chi connectivity index (χ4v) is 6.28. The van der Waals surface area contributed by atoms with E-state index in [1.165, 1.54) is 8.99 Å². The van der Waals surface area contributed by atoms with Gasteiger partial charge in [0, 0.05) is 27.3 Å². The summed E-state index contributed by atoms with van der Waals surface area (Å²) < 4.78 is 30.3. The Morgan fingerprint density at radius 2 is 2.00 bits per heavy atom. The van der Waals surface area contributed by atoms with Gasteiger partial charge in [-0.3, -0.25) is 9.48 Å². The van der Waals surface area contributed by atoms with Crippen LogP contribution in [0.15, 0.2) is 38.2 Å². The first-order valence-corrected chi connectivity index (χ1v) is 10.9. The molecule has 0 spiro atoms. The minimum atomic E-state index is -3.72. The van der Waals surface area contributed by atoms with Crippen molar-refractivity contribution in [1.29, 1.82) is 0 Å². The van der Waals surface area contributed by atoms with Gasteiger partial charge >= 0.3 is 5.97 Å². The molecule has 7 nitrogen and oxygen atoms in total. The highest BCUT2D eigenvalue weighted by molar-refractivity contribution is 9.11. The molecule has 1 aliphatic rings. The van der Waals surface area contributed by atoms with Gasteiger partial charge in [-0.25, -0.2) is 8.42 Å². The van der Waals surface area contributed by atoms with Crippen LogP contribution in [0.4, 0.5) is 0 Å². The Morgan fingerprint density at radius 3 is 2.62 bits per heavy atom. The molecule has 1 aliphatic carbocycles. The summed E-state index contributed by atoms with van der Waals surface area (Å²) in [6, 6.07) is 4.53. The second-order valence-electron chi connectivity index (χ2n) is 6.13. The molecule has 1 aromatic heterocycles. The van der Waals surface area contributed by atoms with Gasteiger partial charge < -0.3 is 5.11 Å². The quantitative estimate of drug-likeness (QED) is 0.672. The highest BCUT2D eigenvalue weighted by atomic mass is 79.9. The fraction of sp³-hybridized carbons (Fsp3) is 0.375. The second-order valence-corrected chi connectivity index (χ2v) is 9.96. The Labute approximate surface area is 168 Å². The van der Waals surface area contributed by atoms with Gasteiger partial charge in [-0.05, 0) is 37.5 Å². The number of benzene rings is 1. The molecule has 0 radical (unpaired) electrons. The molecule has 3 rings (SSSR count). The molecule has 0 bridgehead atoms. The van der Waals surface area contributed by atoms with E-state index in [1.54, 1.807) is 31.4 Å². The molecule has 140 valence electrons. The number of nitrogens with zero attached hydrogens (tertiary/aromatic N) is 3. The van der Waals surface area contributed by atoms with Gasteiger partial charge in [0.05, 0.1) is 17.1 Å². The van der Waals surface area contributed by atoms with Gasteiger partial charge in [0.15, 0.2) is 0 Å². The molecule has 1 N–H and O–H groups in total. The number of fused-ring (bicyclic) bond motifs is 1. The Hall–Kier alpha value is -1.23. The van der Waals surface area contributed by atoms with Crippen LogP contribution < -0.4 is 0 Å². The zero-order valence-corrected chi connectivity index (χ0v) is 17.9. The third-order valence-electron chi connectivity index (χ3n) is 4.47. The monoisotopic (exact) mass is 505 g/mol. The average molecular weight is 507 g/mol. The van der Waals surface area contributed by atoms with Crippen LogP contribution in [-0.2, 0) is 27.8 Å². The predicted molar refractivity (Wildman–Crippen MR) is 102 cm³/mol. The average Bonchev–Trinajstić information content (AvgIpc) is 2.95. The molecule has 1 unspecified atom stereocenters. The second kappa shape index (κ2) is 7.41. The topological polar surface area (TPSA) is 92.5 Å². The van der Waals surface area contributed by atoms with Gasteiger partial charge in [0.1, 0.15) is 6.54 Å². The lowest BCUT2D eigenvalue weighted by Crippen LogP contribution is -2.33. The van der Waals surface area contributed by atoms with Crippen molar-refractivity contribution in [3.63, 3.8) is 0 Å². The summed E-state index contributed by atoms with van der Waals surface area (Å²) in [4.78, 5) is 11.2. The number of aromatic nitrogens is 2. The van der Waals surface area contributed by atoms with E-state index in [4.69, 9.17) is 5.11 Å². The maximum Gasteiger partial charge on any atom is 0.325 e. The van der Waals surface area contributed by atoms with E-state index >= 15 is 0 Å². The minimum absolute atomic E-state index is 0.186. The van der Waals surface area contributed by atoms with Gasteiger partial charge in [0.25, 0.3) is 0 Å². The van der Waals surface area contributed by atoms with Crippen LogP contribution in [0, 0.1) is 0 Å². The van der Waals surface area contributed by atoms with Crippen molar-refractivity contribution in [2.24, 2.45) is 0 Å². The fourth-order valence-electron chi connectivity index (χ4n) is 3.25. The van der Waals surface area contributed by atoms with Crippen molar-refractivity contribution in [2.75, 3.05) is 7.05 Å². The van der Waals surface area contributed by atoms with Crippen LogP contribution >= 0.6 is 31.9 Å². The van der Waals surface area contributed by atoms with E-state index in [0.29, 0.717) is 21.8 Å². The van der Waals surface area contributed by atoms with Crippen molar-refractivity contribution in [2.45, 2.75) is 36.7 Å². The summed E-state index contributed by atoms with van der Waals surface area (Å²) in [6.45, 7) is -0.225. The standard InChI is InChI=1S/C16H17Br2N3O4S/c1-20(26(24,25)12-6-10(17)5-11(18)7-12)14-3-2-4-15-13(14)8-19-21(15)9-16(22)23/h5-8,14H,2-4,9H2,1H3,(H,22,23). The molecule has 0 fully saturated rings. The van der Waals surface area contributed by atoms with Crippen LogP contribution in [0.3, 0.4) is 0 Å². The molecule has 0 amide bonds. The van der Waals surface area contributed by atoms with Gasteiger partial charge in [-0.2, -0.15) is 9.40 Å². The van der Waals surface area contributed by atoms with Gasteiger partial charge in [-0.1, -0.05) is 31.9 Å². The van der Waals surface area contributed by atoms with Crippen molar-refractivity contribution >= 4 is 47.9 Å². The first-order valence-electron chi connectivity index (χ1n) is 7.90. The molecule has 1 heterocycles. The summed E-state index contributed by atoms with van der Waals surface area (Å²) in [5.41, 5.74) is 1.57. The third kappa shape index (κ3) is 3.73. The molecular formula is C16H17Br2N3O4S. The number of carboxylic acid groups (broad SMARTS) is 1. The summed E-state index contributed by atoms with van der Waals surface area (Å²) in [5, 5.41) is 13.2. The van der Waals surface area contributed by atoms with E-state index in [1.807, 2.05) is 0 Å². The molecule has 0 aliphatic heterocycles. The first kappa shape index (κ1) is 19.5. The number of sulfonamides is 1. The Bertz CT molecular complexity index is 938. The Morgan fingerprint density at radius 1 is 1.35 bits per heavy atom. The molecule has 0 saturated heterocycles. The zero-order chi connectivity index (χ0) is 19.1. The number of hydrogen-bond donors (Lipinski definition) is 1. The number of hydrogen-bond acceptors (Lipinski definition) is 4. The SMILES string of the molecule is CN(C1CCCc2c1cnn2CC(=O)O)S(=O)(=O)c1cc(Br)cc(Br)c1. The molecule has 0 saturated carbocycles. The molecule has 26 heavy (non-hydrogen) atoms. The maximum atomic E-state index is 13.1. The lowest BCUT2D eigenvalue weighted by Gasteiger charge is -2.31. The number of carbonyl (C=O) groups is 1. The van der Waals surface area contributed by atoms with Crippen LogP contribution in [0.5, 0.6) is 0 Å². The van der Waals surface area contributed by atoms with E-state index in [0.717, 1.165) is 17.7 Å². The lowest BCUT2D eigenvalue weighted by atomic mass is 9.93. The third-order valence-corrected chi connectivity index (χ3v) is 7.23. The van der Waals surface area contributed by atoms with Crippen molar-refractivity contribution in [3.8, 4) is 0 Å². The van der Waals surface area contributed by atoms with Crippen LogP contribution in [0.25, 0.3) is 0 Å². The van der Waals surface area contributed by atoms with Crippen LogP contribution in [-0.4, -0.2) is 40.6 Å². The van der Waals surface area contributed by atoms with Gasteiger partial charge in [0.2, 0.25) is 10.0 Å². The molecular weight excluding hydrogens is 490 g/mol. The van der Waals surface area contributed by atoms with E-state index in [2.05, 4.69) is 37.0 Å². The normalized spacial score (nSPS) is 17.3. The minimum Gasteiger partial charge on any atom is -0.480 e. The van der Waals surface area contributed by atoms with Gasteiger partial charge in [-0.15, -0.1) is 0 Å². The van der Waals surface area contributed by atoms with Crippen LogP contribution in [0.1, 0.15) is 30.1 Å². The summed E-state index contributed by atoms with van der Waals surface area (Å²) in [5.74, 6) is -0.974. The highest BCUT2D eigenvalue weighted by Crippen LogP contribution is 2.37. The van der Waals surface area contributed by atoms with E-state index in [9.17, 15) is 13.2 Å². The number of rotatable bonds is 5. The summed E-state index contributed by atoms with van der Waals surface area (Å²) in [7, 11) is -2.17. The molecule has 1 atom stereocenters. The molecule has 1 aromatic carbocycles. The van der Waals surface area contributed by atoms with Crippen molar-refractivity contribution in [3.05, 3.63) is 44.6 Å². The van der Waals surface area contributed by atoms with Crippen molar-refractivity contribution in [1.82, 2.24) is 14.1 Å². The molecule has 10 heteroatoms. The largest absolute Gasteiger partial charge is 0.480 e. The number of carboxylic acids is 1. The Balaban J connectivity index is 1.97. The van der Waals surface area contributed by atoms with Crippen LogP contribution in [0.2, 0.25) is 0 Å². The zero-order valence-electron chi connectivity index (χ0n) is 13.9.